The Labute approximate surface area is 220 Å². The van der Waals surface area contributed by atoms with Gasteiger partial charge in [-0.1, -0.05) is 39.3 Å². The molecule has 2 aliphatic rings. The number of carboxylic acid groups (broad SMARTS) is 1. The molecule has 12 nitrogen and oxygen atoms in total. The summed E-state index contributed by atoms with van der Waals surface area (Å²) in [6, 6.07) is 0.519. The Bertz CT molecular complexity index is 1200. The molecule has 0 unspecified atom stereocenters. The van der Waals surface area contributed by atoms with Gasteiger partial charge in [-0.3, -0.25) is 14.5 Å². The van der Waals surface area contributed by atoms with E-state index in [0.717, 1.165) is 16.2 Å². The zero-order valence-electron chi connectivity index (χ0n) is 16.7. The number of thioether (sulfide) groups is 1. The molecule has 33 heavy (non-hydrogen) atoms. The molecule has 2 atom stereocenters. The molecule has 2 aromatic heterocycles. The number of nitrogen functional groups attached to an aromatic ring is 1. The number of carbonyl (C=O) groups excluding carboxylic acids is 3. The number of nitrogens with two attached hydrogens (primary N) is 1. The van der Waals surface area contributed by atoms with Crippen molar-refractivity contribution < 1.29 is 58.8 Å². The molecular weight excluding hydrogens is 507 g/mol. The maximum Gasteiger partial charge on any atom is 1.00 e. The van der Waals surface area contributed by atoms with Crippen LogP contribution in [0.4, 0.5) is 5.13 Å². The molecule has 4 rings (SSSR count). The third-order valence-corrected chi connectivity index (χ3v) is 6.91. The zero-order valence-corrected chi connectivity index (χ0v) is 21.1. The van der Waals surface area contributed by atoms with Gasteiger partial charge in [0.05, 0.1) is 17.9 Å². The number of halogens is 1. The van der Waals surface area contributed by atoms with Gasteiger partial charge in [-0.15, -0.1) is 11.8 Å². The van der Waals surface area contributed by atoms with Crippen molar-refractivity contribution in [2.45, 2.75) is 11.4 Å². The number of carbonyl (C=O) groups is 3. The van der Waals surface area contributed by atoms with Gasteiger partial charge in [-0.25, -0.2) is 4.98 Å². The number of β-lactam (4-membered cyclic amide) rings is 1. The van der Waals surface area contributed by atoms with Crippen molar-refractivity contribution in [1.82, 2.24) is 20.4 Å². The Balaban J connectivity index is 0.00000306. The molecule has 0 radical (unpaired) electrons. The maximum atomic E-state index is 12.7. The van der Waals surface area contributed by atoms with Crippen LogP contribution in [0.3, 0.4) is 0 Å². The van der Waals surface area contributed by atoms with Crippen LogP contribution >= 0.6 is 34.7 Å². The zero-order chi connectivity index (χ0) is 23.0. The largest absolute Gasteiger partial charge is 1.00 e. The van der Waals surface area contributed by atoms with E-state index in [9.17, 15) is 24.7 Å². The van der Waals surface area contributed by atoms with E-state index in [-0.39, 0.29) is 56.2 Å². The molecule has 1 fully saturated rings. The van der Waals surface area contributed by atoms with E-state index in [1.54, 1.807) is 6.07 Å². The van der Waals surface area contributed by atoms with Gasteiger partial charge in [-0.05, 0) is 11.6 Å². The van der Waals surface area contributed by atoms with Crippen LogP contribution < -0.4 is 45.7 Å². The van der Waals surface area contributed by atoms with E-state index in [1.807, 2.05) is 0 Å². The minimum atomic E-state index is -1.53. The molecule has 2 aromatic rings. The molecule has 2 amide bonds. The summed E-state index contributed by atoms with van der Waals surface area (Å²) < 4.78 is 4.96. The van der Waals surface area contributed by atoms with Gasteiger partial charge < -0.3 is 30.7 Å². The number of rotatable bonds is 6. The molecule has 2 aliphatic heterocycles. The fourth-order valence-corrected chi connectivity index (χ4v) is 5.37. The van der Waals surface area contributed by atoms with Gasteiger partial charge in [0, 0.05) is 11.8 Å². The first kappa shape index (κ1) is 25.3. The van der Waals surface area contributed by atoms with Crippen molar-refractivity contribution in [1.29, 1.82) is 0 Å². The van der Waals surface area contributed by atoms with E-state index in [2.05, 4.69) is 20.6 Å². The number of aromatic nitrogens is 2. The molecular formula is C17H12ClN6NaO6S2. The Hall–Kier alpha value is -2.36. The number of nitrogens with zero attached hydrogens (tertiary/aromatic N) is 4. The number of allylic oxidation sites excluding steroid dienone is 1. The summed E-state index contributed by atoms with van der Waals surface area (Å²) >= 11 is 8.07. The Morgan fingerprint density at radius 3 is 2.79 bits per heavy atom. The van der Waals surface area contributed by atoms with Crippen LogP contribution in [0.25, 0.3) is 6.08 Å². The van der Waals surface area contributed by atoms with Crippen LogP contribution in [-0.4, -0.2) is 60.9 Å². The van der Waals surface area contributed by atoms with Crippen molar-refractivity contribution in [2.75, 3.05) is 11.5 Å². The number of nitrogens with one attached hydrogen (secondary N) is 1. The fraction of sp³-hybridized carbons (Fsp3) is 0.176. The molecule has 16 heteroatoms. The molecule has 0 saturated carbocycles. The summed E-state index contributed by atoms with van der Waals surface area (Å²) in [4.78, 5) is 41.9. The van der Waals surface area contributed by atoms with Gasteiger partial charge in [0.1, 0.15) is 21.4 Å². The minimum Gasteiger partial charge on any atom is -0.543 e. The van der Waals surface area contributed by atoms with Crippen LogP contribution in [0.1, 0.15) is 11.5 Å². The summed E-state index contributed by atoms with van der Waals surface area (Å²) in [7, 11) is 0. The van der Waals surface area contributed by atoms with Gasteiger partial charge in [0.25, 0.3) is 11.8 Å². The van der Waals surface area contributed by atoms with E-state index in [0.29, 0.717) is 11.3 Å². The molecule has 0 aliphatic carbocycles. The van der Waals surface area contributed by atoms with Gasteiger partial charge in [0.15, 0.2) is 16.6 Å². The number of oxime groups is 1. The molecule has 0 spiro atoms. The molecule has 4 heterocycles. The Morgan fingerprint density at radius 2 is 2.21 bits per heavy atom. The van der Waals surface area contributed by atoms with Crippen molar-refractivity contribution in [3.05, 3.63) is 45.4 Å². The van der Waals surface area contributed by atoms with Gasteiger partial charge >= 0.3 is 29.6 Å². The first-order valence-electron chi connectivity index (χ1n) is 8.74. The van der Waals surface area contributed by atoms with Gasteiger partial charge in [-0.2, -0.15) is 0 Å². The van der Waals surface area contributed by atoms with Crippen molar-refractivity contribution in [3.63, 3.8) is 0 Å². The predicted octanol–water partition coefficient (Wildman–Crippen LogP) is -3.33. The average molecular weight is 519 g/mol. The second-order valence-electron chi connectivity index (χ2n) is 6.39. The van der Waals surface area contributed by atoms with E-state index >= 15 is 0 Å². The van der Waals surface area contributed by atoms with E-state index in [4.69, 9.17) is 21.9 Å². The SMILES string of the molecule is Nc1nc(/C(=N/O)C(=O)N[C@@H]2C(=O)N3C(C(=O)[O-])=C(/C=C\c4ccno4)CS[C@H]23)c(Cl)s1.[Na+]. The van der Waals surface area contributed by atoms with E-state index < -0.39 is 34.9 Å². The van der Waals surface area contributed by atoms with Crippen LogP contribution in [-0.2, 0) is 14.4 Å². The first-order chi connectivity index (χ1) is 15.3. The number of amides is 2. The van der Waals surface area contributed by atoms with Crippen LogP contribution in [0, 0.1) is 0 Å². The number of thiazole rings is 1. The van der Waals surface area contributed by atoms with Crippen LogP contribution in [0.5, 0.6) is 0 Å². The summed E-state index contributed by atoms with van der Waals surface area (Å²) in [5.74, 6) is -2.49. The smallest absolute Gasteiger partial charge is 0.543 e. The number of carboxylic acids is 1. The summed E-state index contributed by atoms with van der Waals surface area (Å²) in [6.45, 7) is 0. The number of hydrogen-bond donors (Lipinski definition) is 3. The van der Waals surface area contributed by atoms with Crippen molar-refractivity contribution in [2.24, 2.45) is 5.16 Å². The number of fused-ring (bicyclic) bond motifs is 1. The number of aliphatic carboxylic acids is 1. The van der Waals surface area contributed by atoms with Crippen LogP contribution in [0.2, 0.25) is 4.34 Å². The fourth-order valence-electron chi connectivity index (χ4n) is 3.13. The number of hydrogen-bond acceptors (Lipinski definition) is 12. The third kappa shape index (κ3) is 4.81. The third-order valence-electron chi connectivity index (χ3n) is 4.53. The molecule has 1 saturated heterocycles. The summed E-state index contributed by atoms with van der Waals surface area (Å²) in [6.07, 6.45) is 4.45. The summed E-state index contributed by atoms with van der Waals surface area (Å²) in [5, 5.41) is 29.3. The second-order valence-corrected chi connectivity index (χ2v) is 9.13. The average Bonchev–Trinajstić information content (AvgIpc) is 3.39. The van der Waals surface area contributed by atoms with E-state index in [1.165, 1.54) is 30.1 Å². The molecule has 0 aromatic carbocycles. The summed E-state index contributed by atoms with van der Waals surface area (Å²) in [5.41, 5.74) is 4.92. The molecule has 4 N–H and O–H groups in total. The van der Waals surface area contributed by atoms with Gasteiger partial charge in [0.2, 0.25) is 0 Å². The monoisotopic (exact) mass is 518 g/mol. The quantitative estimate of drug-likeness (QED) is 0.115. The number of anilines is 1. The first-order valence-corrected chi connectivity index (χ1v) is 11.0. The normalized spacial score (nSPS) is 20.3. The topological polar surface area (TPSA) is 187 Å². The Morgan fingerprint density at radius 1 is 1.45 bits per heavy atom. The standard InChI is InChI=1S/C17H13ClN6O6S2.Na/c18-12-8(22-17(19)32-12)9(23-29)13(25)21-10-14(26)24-11(16(27)28)6(5-31-15(10)24)1-2-7-3-4-20-30-7;/h1-4,10,15,29H,5H2,(H2,19,22)(H,21,25)(H,27,28);/q;+1/p-1/b2-1-,23-9-;/t10-,15-;/m1./s1. The Kier molecular flexibility index (Phi) is 7.87. The van der Waals surface area contributed by atoms with Crippen molar-refractivity contribution >= 4 is 69.4 Å². The molecule has 0 bridgehead atoms. The predicted molar refractivity (Wildman–Crippen MR) is 112 cm³/mol. The molecule has 166 valence electrons. The van der Waals surface area contributed by atoms with Crippen molar-refractivity contribution in [3.8, 4) is 0 Å². The minimum absolute atomic E-state index is 0. The van der Waals surface area contributed by atoms with Crippen LogP contribution in [0.15, 0.2) is 39.3 Å². The second kappa shape index (κ2) is 10.3. The maximum absolute atomic E-state index is 12.7.